The van der Waals surface area contributed by atoms with Gasteiger partial charge in [-0.3, -0.25) is 38.5 Å². The van der Waals surface area contributed by atoms with Gasteiger partial charge in [-0.15, -0.1) is 0 Å². The lowest BCUT2D eigenvalue weighted by molar-refractivity contribution is -0.194. The summed E-state index contributed by atoms with van der Waals surface area (Å²) in [6.07, 6.45) is 1.07. The number of carbonyl (C=O) groups excluding carboxylic acids is 8. The molecule has 0 saturated heterocycles. The molecule has 0 radical (unpaired) electrons. The third kappa shape index (κ3) is 23.1. The quantitative estimate of drug-likeness (QED) is 0.0348. The Labute approximate surface area is 476 Å². The van der Waals surface area contributed by atoms with Crippen LogP contribution in [0.15, 0.2) is 30.3 Å². The van der Waals surface area contributed by atoms with Gasteiger partial charge in [-0.1, -0.05) is 98.6 Å². The third-order valence-electron chi connectivity index (χ3n) is 15.3. The highest BCUT2D eigenvalue weighted by atomic mass is 16.7. The van der Waals surface area contributed by atoms with Crippen LogP contribution in [0.3, 0.4) is 0 Å². The predicted octanol–water partition coefficient (Wildman–Crippen LogP) is 4.38. The van der Waals surface area contributed by atoms with Crippen molar-refractivity contribution < 1.29 is 71.9 Å². The molecular weight excluding hydrogens is 1030 g/mol. The van der Waals surface area contributed by atoms with E-state index in [-0.39, 0.29) is 106 Å². The van der Waals surface area contributed by atoms with Crippen molar-refractivity contribution >= 4 is 47.3 Å². The lowest BCUT2D eigenvalue weighted by atomic mass is 9.79. The number of ketones is 1. The van der Waals surface area contributed by atoms with E-state index >= 15 is 0 Å². The van der Waals surface area contributed by atoms with Crippen LogP contribution in [0.5, 0.6) is 0 Å². The first-order valence-electron chi connectivity index (χ1n) is 28.8. The van der Waals surface area contributed by atoms with Gasteiger partial charge in [0.05, 0.1) is 49.5 Å². The summed E-state index contributed by atoms with van der Waals surface area (Å²) in [6, 6.07) is 5.54. The Morgan fingerprint density at radius 1 is 0.750 bits per heavy atom. The van der Waals surface area contributed by atoms with Crippen LogP contribution in [0, 0.1) is 35.5 Å². The van der Waals surface area contributed by atoms with Gasteiger partial charge in [-0.2, -0.15) is 0 Å². The van der Waals surface area contributed by atoms with Crippen molar-refractivity contribution in [1.82, 2.24) is 31.1 Å². The molecule has 456 valence electrons. The van der Waals surface area contributed by atoms with Gasteiger partial charge in [-0.05, 0) is 82.4 Å². The van der Waals surface area contributed by atoms with Gasteiger partial charge in [0.1, 0.15) is 30.5 Å². The molecule has 1 aromatic carbocycles. The summed E-state index contributed by atoms with van der Waals surface area (Å²) in [5, 5.41) is 20.7. The first kappa shape index (κ1) is 71.0. The number of benzene rings is 1. The summed E-state index contributed by atoms with van der Waals surface area (Å²) in [5.41, 5.74) is 0.810. The number of esters is 2. The Hall–Kier alpha value is -5.06. The molecule has 1 aromatic rings. The van der Waals surface area contributed by atoms with Crippen molar-refractivity contribution in [2.45, 2.75) is 188 Å². The second-order valence-corrected chi connectivity index (χ2v) is 22.2. The van der Waals surface area contributed by atoms with E-state index in [1.165, 1.54) is 21.1 Å². The number of carbonyl (C=O) groups is 8. The molecule has 2 rings (SSSR count). The van der Waals surface area contributed by atoms with E-state index < -0.39 is 96.3 Å². The van der Waals surface area contributed by atoms with Crippen LogP contribution in [0.1, 0.15) is 132 Å². The summed E-state index contributed by atoms with van der Waals surface area (Å²) in [5.74, 6) is -4.94. The first-order chi connectivity index (χ1) is 37.9. The summed E-state index contributed by atoms with van der Waals surface area (Å²) < 4.78 is 33.4. The topological polar surface area (TPSA) is 267 Å². The number of aliphatic hydroxyl groups excluding tert-OH is 1. The van der Waals surface area contributed by atoms with Gasteiger partial charge in [-0.25, -0.2) is 4.79 Å². The maximum absolute atomic E-state index is 14.6. The van der Waals surface area contributed by atoms with E-state index in [0.717, 1.165) is 12.0 Å². The van der Waals surface area contributed by atoms with E-state index in [1.807, 2.05) is 97.8 Å². The number of methoxy groups -OCH3 is 3. The number of nitrogens with one attached hydrogen (secondary N) is 4. The van der Waals surface area contributed by atoms with E-state index in [2.05, 4.69) is 21.3 Å². The number of hydrogen-bond acceptors (Lipinski definition) is 16. The monoisotopic (exact) mass is 1130 g/mol. The normalized spacial score (nSPS) is 18.6. The molecule has 0 aromatic heterocycles. The van der Waals surface area contributed by atoms with Gasteiger partial charge in [0, 0.05) is 66.5 Å². The highest BCUT2D eigenvalue weighted by Gasteiger charge is 2.45. The lowest BCUT2D eigenvalue weighted by Crippen LogP contribution is -2.59. The van der Waals surface area contributed by atoms with Crippen molar-refractivity contribution in [1.29, 1.82) is 0 Å². The molecule has 5 N–H and O–H groups in total. The predicted molar refractivity (Wildman–Crippen MR) is 302 cm³/mol. The summed E-state index contributed by atoms with van der Waals surface area (Å²) in [7, 11) is 9.86. The minimum atomic E-state index is -0.986. The third-order valence-corrected chi connectivity index (χ3v) is 15.3. The molecule has 13 atom stereocenters. The maximum Gasteiger partial charge on any atom is 0.328 e. The summed E-state index contributed by atoms with van der Waals surface area (Å²) in [4.78, 5) is 112. The molecule has 0 aliphatic heterocycles. The van der Waals surface area contributed by atoms with Gasteiger partial charge in [0.25, 0.3) is 0 Å². The van der Waals surface area contributed by atoms with Crippen LogP contribution in [-0.4, -0.2) is 186 Å². The molecule has 1 saturated carbocycles. The van der Waals surface area contributed by atoms with Crippen LogP contribution in [0.2, 0.25) is 0 Å². The zero-order valence-corrected chi connectivity index (χ0v) is 50.7. The Morgan fingerprint density at radius 2 is 1.43 bits per heavy atom. The van der Waals surface area contributed by atoms with E-state index in [0.29, 0.717) is 25.7 Å². The molecule has 1 aliphatic carbocycles. The smallest absolute Gasteiger partial charge is 0.328 e. The number of nitrogens with zero attached hydrogens (tertiary/aromatic N) is 2. The molecule has 1 aliphatic rings. The fourth-order valence-corrected chi connectivity index (χ4v) is 10.6. The molecule has 80 heavy (non-hydrogen) atoms. The molecule has 0 spiro atoms. The molecule has 1 fully saturated rings. The average molecular weight is 1130 g/mol. The largest absolute Gasteiger partial charge is 0.464 e. The number of Topliss-reactive ketones (excluding diaryl/α,β-unsaturated/α-hetero) is 1. The Balaban J connectivity index is 2.07. The number of hydrogen-bond donors (Lipinski definition) is 5. The van der Waals surface area contributed by atoms with Gasteiger partial charge < -0.3 is 59.7 Å². The van der Waals surface area contributed by atoms with E-state index in [9.17, 15) is 43.5 Å². The number of ether oxygens (including phenoxy) is 6. The van der Waals surface area contributed by atoms with Crippen LogP contribution in [0.25, 0.3) is 0 Å². The molecule has 3 unspecified atom stereocenters. The molecule has 0 bridgehead atoms. The van der Waals surface area contributed by atoms with Gasteiger partial charge in [0.2, 0.25) is 29.5 Å². The first-order valence-corrected chi connectivity index (χ1v) is 28.8. The van der Waals surface area contributed by atoms with Crippen molar-refractivity contribution in [3.05, 3.63) is 35.9 Å². The number of rotatable bonds is 39. The zero-order valence-electron chi connectivity index (χ0n) is 50.7. The van der Waals surface area contributed by atoms with Crippen molar-refractivity contribution in [2.24, 2.45) is 35.5 Å². The van der Waals surface area contributed by atoms with Crippen LogP contribution >= 0.6 is 0 Å². The lowest BCUT2D eigenvalue weighted by Gasteiger charge is -2.40. The standard InChI is InChI=1S/C59H100N6O15/c1-16-38(7)53(65(12)58(73)51(36(3)4)63-57(72)52(37(5)6)64(10)11)47(75-13)33-46(67)43-26-21-27-44(43)54(77-15)39(8)55(70)62-45(32-41-24-19-18-20-25-41)56(71)60-30-23-31-78-59(74)40(9)61-48(68)28-22-29-49(69)79-35-50(76-14)80-42(17-2)34-66/h18-20,24-25,36-40,42-45,47,50-54,66H,16-17,21-23,26-35H2,1-15H3,(H,60,71)(H,61,68)(H,62,70)(H,63,72)/t38-,39+,40-,42?,43?,44+,45-,47+,50?,51-,52-,53-,54+/m0/s1. The molecule has 5 amide bonds. The maximum atomic E-state index is 14.6. The zero-order chi connectivity index (χ0) is 60.2. The number of aliphatic hydroxyl groups is 1. The van der Waals surface area contributed by atoms with E-state index in [4.69, 9.17) is 28.4 Å². The highest BCUT2D eigenvalue weighted by Crippen LogP contribution is 2.40. The molecule has 0 heterocycles. The molecule has 21 nitrogen and oxygen atoms in total. The Morgan fingerprint density at radius 3 is 1.99 bits per heavy atom. The Kier molecular flexibility index (Phi) is 33.0. The van der Waals surface area contributed by atoms with Crippen molar-refractivity contribution in [2.75, 3.05) is 68.8 Å². The SMILES string of the molecule is CCC(CO)OC(COC(=O)CCCC(=O)N[C@@H](C)C(=O)OCCCNC(=O)[C@H](Cc1ccccc1)NC(=O)[C@H](C)[C@@H](OC)[C@@H]1CCCC1C(=O)C[C@@H](OC)[C@H]([C@@H](C)CC)N(C)C(=O)[C@@H](NC(=O)[C@H](C(C)C)N(C)C)C(C)C)OC. The van der Waals surface area contributed by atoms with Crippen LogP contribution < -0.4 is 21.3 Å². The minimum Gasteiger partial charge on any atom is -0.464 e. The van der Waals surface area contributed by atoms with Crippen molar-refractivity contribution in [3.63, 3.8) is 0 Å². The van der Waals surface area contributed by atoms with Crippen LogP contribution in [-0.2, 0) is 73.2 Å². The van der Waals surface area contributed by atoms with Gasteiger partial charge >= 0.3 is 11.9 Å². The number of likely N-dealkylation sites (N-methyl/N-ethyl adjacent to an activating group) is 2. The second-order valence-electron chi connectivity index (χ2n) is 22.2. The fraction of sp³-hybridized carbons (Fsp3) is 0.763. The van der Waals surface area contributed by atoms with Crippen molar-refractivity contribution in [3.8, 4) is 0 Å². The highest BCUT2D eigenvalue weighted by molar-refractivity contribution is 5.91. The van der Waals surface area contributed by atoms with E-state index in [1.54, 1.807) is 26.0 Å². The number of amides is 5. The molecular formula is C59H100N6O15. The summed E-state index contributed by atoms with van der Waals surface area (Å²) in [6.45, 7) is 16.5. The van der Waals surface area contributed by atoms with Crippen LogP contribution in [0.4, 0.5) is 0 Å². The Bertz CT molecular complexity index is 2050. The minimum absolute atomic E-state index is 0.00955. The summed E-state index contributed by atoms with van der Waals surface area (Å²) >= 11 is 0. The average Bonchev–Trinajstić information content (AvgIpc) is 3.92. The second kappa shape index (κ2) is 37.1. The fourth-order valence-electron chi connectivity index (χ4n) is 10.6. The molecule has 21 heteroatoms. The van der Waals surface area contributed by atoms with Gasteiger partial charge in [0.15, 0.2) is 6.29 Å².